The van der Waals surface area contributed by atoms with E-state index in [1.807, 2.05) is 6.07 Å². The molecule has 0 spiro atoms. The highest BCUT2D eigenvalue weighted by molar-refractivity contribution is 5.64. The molecule has 1 N–H and O–H groups in total. The molecular formula is C17H27N. The van der Waals surface area contributed by atoms with Crippen LogP contribution in [-0.2, 0) is 0 Å². The van der Waals surface area contributed by atoms with Gasteiger partial charge >= 0.3 is 0 Å². The smallest absolute Gasteiger partial charge is 0.0208 e. The second-order valence-electron chi connectivity index (χ2n) is 5.10. The maximum absolute atomic E-state index is 4.14. The second kappa shape index (κ2) is 8.93. The molecule has 100 valence electrons. The molecule has 1 aromatic rings. The fraction of sp³-hybridized carbons (Fsp3) is 0.529. The van der Waals surface area contributed by atoms with E-state index in [0.717, 1.165) is 6.54 Å². The first kappa shape index (κ1) is 15.0. The summed E-state index contributed by atoms with van der Waals surface area (Å²) in [6, 6.07) is 11.0. The molecule has 0 heterocycles. The van der Waals surface area contributed by atoms with Crippen LogP contribution in [0.4, 0.5) is 0 Å². The Morgan fingerprint density at radius 1 is 1.17 bits per heavy atom. The van der Waals surface area contributed by atoms with Crippen molar-refractivity contribution >= 4 is 5.57 Å². The van der Waals surface area contributed by atoms with Gasteiger partial charge < -0.3 is 5.32 Å². The van der Waals surface area contributed by atoms with Gasteiger partial charge in [-0.1, -0.05) is 69.5 Å². The summed E-state index contributed by atoms with van der Waals surface area (Å²) in [6.07, 6.45) is 6.64. The molecular weight excluding hydrogens is 218 g/mol. The predicted octanol–water partition coefficient (Wildman–Crippen LogP) is 4.65. The molecule has 0 radical (unpaired) electrons. The van der Waals surface area contributed by atoms with Gasteiger partial charge in [0, 0.05) is 12.6 Å². The minimum absolute atomic E-state index is 0.585. The molecule has 0 bridgehead atoms. The van der Waals surface area contributed by atoms with Crippen LogP contribution in [0, 0.1) is 0 Å². The van der Waals surface area contributed by atoms with Crippen LogP contribution in [0.15, 0.2) is 36.9 Å². The van der Waals surface area contributed by atoms with Crippen molar-refractivity contribution in [2.75, 3.05) is 6.54 Å². The normalized spacial score (nSPS) is 12.3. The van der Waals surface area contributed by atoms with E-state index in [1.54, 1.807) is 0 Å². The van der Waals surface area contributed by atoms with Gasteiger partial charge in [-0.25, -0.2) is 0 Å². The predicted molar refractivity (Wildman–Crippen MR) is 81.7 cm³/mol. The number of hydrogen-bond acceptors (Lipinski definition) is 1. The van der Waals surface area contributed by atoms with Crippen molar-refractivity contribution in [3.8, 4) is 0 Å². The topological polar surface area (TPSA) is 12.0 Å². The van der Waals surface area contributed by atoms with Crippen molar-refractivity contribution < 1.29 is 0 Å². The Balaban J connectivity index is 2.18. The van der Waals surface area contributed by atoms with Gasteiger partial charge in [-0.3, -0.25) is 0 Å². The molecule has 1 heteroatoms. The molecule has 1 atom stereocenters. The van der Waals surface area contributed by atoms with Gasteiger partial charge in [0.15, 0.2) is 0 Å². The number of benzene rings is 1. The monoisotopic (exact) mass is 245 g/mol. The van der Waals surface area contributed by atoms with Crippen molar-refractivity contribution in [1.82, 2.24) is 5.32 Å². The first-order valence-electron chi connectivity index (χ1n) is 7.20. The lowest BCUT2D eigenvalue weighted by Crippen LogP contribution is -2.27. The first-order valence-corrected chi connectivity index (χ1v) is 7.20. The summed E-state index contributed by atoms with van der Waals surface area (Å²) < 4.78 is 0. The highest BCUT2D eigenvalue weighted by Crippen LogP contribution is 2.11. The average molecular weight is 245 g/mol. The van der Waals surface area contributed by atoms with Crippen LogP contribution in [0.2, 0.25) is 0 Å². The Morgan fingerprint density at radius 3 is 2.56 bits per heavy atom. The zero-order valence-corrected chi connectivity index (χ0v) is 11.9. The van der Waals surface area contributed by atoms with Crippen LogP contribution >= 0.6 is 0 Å². The largest absolute Gasteiger partial charge is 0.310 e. The maximum Gasteiger partial charge on any atom is 0.0208 e. The van der Waals surface area contributed by atoms with Crippen LogP contribution in [-0.4, -0.2) is 12.6 Å². The van der Waals surface area contributed by atoms with Crippen molar-refractivity contribution in [1.29, 1.82) is 0 Å². The van der Waals surface area contributed by atoms with Crippen LogP contribution in [0.5, 0.6) is 0 Å². The highest BCUT2D eigenvalue weighted by Gasteiger charge is 2.03. The van der Waals surface area contributed by atoms with Gasteiger partial charge in [0.2, 0.25) is 0 Å². The lowest BCUT2D eigenvalue weighted by molar-refractivity contribution is 0.505. The van der Waals surface area contributed by atoms with Gasteiger partial charge in [-0.2, -0.15) is 0 Å². The van der Waals surface area contributed by atoms with Crippen molar-refractivity contribution in [3.05, 3.63) is 42.5 Å². The Bertz CT molecular complexity index is 329. The summed E-state index contributed by atoms with van der Waals surface area (Å²) in [5, 5.41) is 3.56. The van der Waals surface area contributed by atoms with E-state index < -0.39 is 0 Å². The molecule has 1 nitrogen and oxygen atoms in total. The number of nitrogens with one attached hydrogen (secondary N) is 1. The van der Waals surface area contributed by atoms with Gasteiger partial charge in [-0.15, -0.1) is 0 Å². The van der Waals surface area contributed by atoms with Gasteiger partial charge in [-0.05, 0) is 24.5 Å². The fourth-order valence-electron chi connectivity index (χ4n) is 2.05. The van der Waals surface area contributed by atoms with E-state index in [2.05, 4.69) is 50.0 Å². The third-order valence-corrected chi connectivity index (χ3v) is 3.34. The molecule has 0 aliphatic rings. The van der Waals surface area contributed by atoms with E-state index in [0.29, 0.717) is 6.04 Å². The quantitative estimate of drug-likeness (QED) is 0.624. The summed E-state index contributed by atoms with van der Waals surface area (Å²) in [6.45, 7) is 9.56. The molecule has 0 aliphatic heterocycles. The van der Waals surface area contributed by atoms with E-state index in [9.17, 15) is 0 Å². The lowest BCUT2D eigenvalue weighted by atomic mass is 10.1. The number of unbranched alkanes of at least 4 members (excludes halogenated alkanes) is 3. The van der Waals surface area contributed by atoms with Gasteiger partial charge in [0.25, 0.3) is 0 Å². The molecule has 0 aromatic heterocycles. The summed E-state index contributed by atoms with van der Waals surface area (Å²) in [7, 11) is 0. The summed E-state index contributed by atoms with van der Waals surface area (Å²) >= 11 is 0. The average Bonchev–Trinajstić information content (AvgIpc) is 2.42. The van der Waals surface area contributed by atoms with Gasteiger partial charge in [0.05, 0.1) is 0 Å². The molecule has 1 rings (SSSR count). The van der Waals surface area contributed by atoms with Crippen LogP contribution in [0.3, 0.4) is 0 Å². The standard InChI is InChI=1S/C17H27N/c1-4-5-6-8-11-16(3)18-14-15(2)17-12-9-7-10-13-17/h7,9-10,12-13,16,18H,2,4-6,8,11,14H2,1,3H3. The summed E-state index contributed by atoms with van der Waals surface area (Å²) in [4.78, 5) is 0. The minimum atomic E-state index is 0.585. The molecule has 1 aromatic carbocycles. The molecule has 0 amide bonds. The maximum atomic E-state index is 4.14. The van der Waals surface area contributed by atoms with Gasteiger partial charge in [0.1, 0.15) is 0 Å². The van der Waals surface area contributed by atoms with Crippen molar-refractivity contribution in [2.45, 2.75) is 52.0 Å². The van der Waals surface area contributed by atoms with E-state index in [4.69, 9.17) is 0 Å². The Morgan fingerprint density at radius 2 is 1.89 bits per heavy atom. The van der Waals surface area contributed by atoms with Crippen molar-refractivity contribution in [3.63, 3.8) is 0 Å². The van der Waals surface area contributed by atoms with E-state index >= 15 is 0 Å². The van der Waals surface area contributed by atoms with Crippen LogP contribution in [0.25, 0.3) is 5.57 Å². The summed E-state index contributed by atoms with van der Waals surface area (Å²) in [5.41, 5.74) is 2.42. The number of rotatable bonds is 9. The van der Waals surface area contributed by atoms with Crippen molar-refractivity contribution in [2.24, 2.45) is 0 Å². The van der Waals surface area contributed by atoms with Crippen LogP contribution < -0.4 is 5.32 Å². The fourth-order valence-corrected chi connectivity index (χ4v) is 2.05. The summed E-state index contributed by atoms with van der Waals surface area (Å²) in [5.74, 6) is 0. The minimum Gasteiger partial charge on any atom is -0.310 e. The lowest BCUT2D eigenvalue weighted by Gasteiger charge is -2.15. The zero-order valence-electron chi connectivity index (χ0n) is 11.9. The third-order valence-electron chi connectivity index (χ3n) is 3.34. The molecule has 0 fully saturated rings. The second-order valence-corrected chi connectivity index (χ2v) is 5.10. The molecule has 1 unspecified atom stereocenters. The zero-order chi connectivity index (χ0) is 13.2. The highest BCUT2D eigenvalue weighted by atomic mass is 14.9. The number of hydrogen-bond donors (Lipinski definition) is 1. The van der Waals surface area contributed by atoms with Crippen LogP contribution in [0.1, 0.15) is 51.5 Å². The SMILES string of the molecule is C=C(CNC(C)CCCCCC)c1ccccc1. The Hall–Kier alpha value is -1.08. The molecule has 0 saturated carbocycles. The molecule has 0 aliphatic carbocycles. The van der Waals surface area contributed by atoms with E-state index in [1.165, 1.54) is 43.2 Å². The Labute approximate surface area is 112 Å². The molecule has 0 saturated heterocycles. The first-order chi connectivity index (χ1) is 8.74. The molecule has 18 heavy (non-hydrogen) atoms. The Kier molecular flexibility index (Phi) is 7.43. The van der Waals surface area contributed by atoms with E-state index in [-0.39, 0.29) is 0 Å². The third kappa shape index (κ3) is 6.02.